The van der Waals surface area contributed by atoms with Gasteiger partial charge >= 0.3 is 0 Å². The van der Waals surface area contributed by atoms with Crippen molar-refractivity contribution in [2.24, 2.45) is 17.8 Å². The summed E-state index contributed by atoms with van der Waals surface area (Å²) >= 11 is 0. The third-order valence-corrected chi connectivity index (χ3v) is 6.89. The maximum absolute atomic E-state index is 13.6. The zero-order valence-corrected chi connectivity index (χ0v) is 21.2. The van der Waals surface area contributed by atoms with Crippen molar-refractivity contribution in [2.75, 3.05) is 39.3 Å². The van der Waals surface area contributed by atoms with Gasteiger partial charge in [0.05, 0.1) is 6.04 Å². The third-order valence-electron chi connectivity index (χ3n) is 6.89. The van der Waals surface area contributed by atoms with E-state index in [9.17, 15) is 14.4 Å². The molecule has 2 saturated heterocycles. The number of hydrogen-bond donors (Lipinski definition) is 1. The molecule has 0 aromatic carbocycles. The molecule has 3 amide bonds. The summed E-state index contributed by atoms with van der Waals surface area (Å²) in [5.74, 6) is 1.48. The molecular weight excluding hydrogens is 404 g/mol. The quantitative estimate of drug-likeness (QED) is 0.555. The summed E-state index contributed by atoms with van der Waals surface area (Å²) in [4.78, 5) is 44.9. The van der Waals surface area contributed by atoms with Crippen LogP contribution in [-0.2, 0) is 14.4 Å². The smallest absolute Gasteiger partial charge is 0.245 e. The number of nitrogens with zero attached hydrogens (tertiary/aromatic N) is 3. The minimum absolute atomic E-state index is 0.0728. The first-order valence-corrected chi connectivity index (χ1v) is 12.8. The molecule has 1 N–H and O–H groups in total. The van der Waals surface area contributed by atoms with E-state index in [1.807, 2.05) is 28.5 Å². The first-order chi connectivity index (χ1) is 15.2. The van der Waals surface area contributed by atoms with Gasteiger partial charge in [-0.3, -0.25) is 14.4 Å². The minimum atomic E-state index is -0.381. The lowest BCUT2D eigenvalue weighted by molar-refractivity contribution is -0.150. The minimum Gasteiger partial charge on any atom is -0.343 e. The first kappa shape index (κ1) is 26.6. The summed E-state index contributed by atoms with van der Waals surface area (Å²) in [6.07, 6.45) is 3.78. The number of piperazine rings is 1. The molecule has 2 rings (SSSR count). The van der Waals surface area contributed by atoms with E-state index in [1.54, 1.807) is 0 Å². The van der Waals surface area contributed by atoms with Crippen LogP contribution in [0.2, 0.25) is 0 Å². The van der Waals surface area contributed by atoms with Crippen LogP contribution in [0.1, 0.15) is 73.6 Å². The van der Waals surface area contributed by atoms with Gasteiger partial charge in [0, 0.05) is 45.7 Å². The van der Waals surface area contributed by atoms with Crippen molar-refractivity contribution in [3.05, 3.63) is 0 Å². The van der Waals surface area contributed by atoms with Gasteiger partial charge in [-0.2, -0.15) is 0 Å². The number of rotatable bonds is 10. The zero-order chi connectivity index (χ0) is 23.8. The van der Waals surface area contributed by atoms with Crippen LogP contribution in [0.4, 0.5) is 0 Å². The Bertz CT molecular complexity index is 625. The van der Waals surface area contributed by atoms with Gasteiger partial charge in [-0.05, 0) is 57.3 Å². The van der Waals surface area contributed by atoms with Gasteiger partial charge in [0.15, 0.2) is 0 Å². The highest BCUT2D eigenvalue weighted by Gasteiger charge is 2.39. The van der Waals surface area contributed by atoms with Gasteiger partial charge in [-0.15, -0.1) is 0 Å². The van der Waals surface area contributed by atoms with E-state index in [4.69, 9.17) is 0 Å². The number of nitrogens with one attached hydrogen (secondary N) is 1. The van der Waals surface area contributed by atoms with E-state index in [-0.39, 0.29) is 29.8 Å². The second-order valence-electron chi connectivity index (χ2n) is 10.4. The van der Waals surface area contributed by atoms with Crippen LogP contribution in [0.15, 0.2) is 0 Å². The Morgan fingerprint density at radius 1 is 1.03 bits per heavy atom. The van der Waals surface area contributed by atoms with Crippen LogP contribution in [0, 0.1) is 17.8 Å². The normalized spacial score (nSPS) is 21.4. The second kappa shape index (κ2) is 12.6. The zero-order valence-electron chi connectivity index (χ0n) is 21.2. The van der Waals surface area contributed by atoms with Crippen molar-refractivity contribution in [1.82, 2.24) is 20.0 Å². The number of carbonyl (C=O) groups is 3. The summed E-state index contributed by atoms with van der Waals surface area (Å²) < 4.78 is 0. The molecule has 7 heteroatoms. The summed E-state index contributed by atoms with van der Waals surface area (Å²) in [7, 11) is 0. The largest absolute Gasteiger partial charge is 0.343 e. The van der Waals surface area contributed by atoms with Gasteiger partial charge in [-0.25, -0.2) is 0 Å². The van der Waals surface area contributed by atoms with Crippen LogP contribution in [-0.4, -0.2) is 83.8 Å². The molecule has 0 aliphatic carbocycles. The van der Waals surface area contributed by atoms with Gasteiger partial charge in [0.2, 0.25) is 17.7 Å². The average molecular weight is 451 g/mol. The maximum atomic E-state index is 13.6. The average Bonchev–Trinajstić information content (AvgIpc) is 2.74. The molecule has 184 valence electrons. The SMILES string of the molecule is CCN(CC)C(=O)CC1CCN(C(=O)[C@H](CC(C)C)N2CCN[C@@H](CC(C)C)C2=O)CC1. The standard InChI is InChI=1S/C25H46N4O3/c1-7-27(8-2)23(30)17-20-9-12-28(13-10-20)25(32)22(16-19(5)6)29-14-11-26-21(24(29)31)15-18(3)4/h18-22,26H,7-17H2,1-6H3/t21-,22-/m0/s1. The molecule has 32 heavy (non-hydrogen) atoms. The fourth-order valence-corrected chi connectivity index (χ4v) is 5.05. The maximum Gasteiger partial charge on any atom is 0.245 e. The molecule has 2 aliphatic rings. The predicted molar refractivity (Wildman–Crippen MR) is 128 cm³/mol. The summed E-state index contributed by atoms with van der Waals surface area (Å²) in [6.45, 7) is 16.7. The highest BCUT2D eigenvalue weighted by atomic mass is 16.2. The molecule has 2 aliphatic heterocycles. The Hall–Kier alpha value is -1.63. The Morgan fingerprint density at radius 2 is 1.66 bits per heavy atom. The van der Waals surface area contributed by atoms with Crippen LogP contribution < -0.4 is 5.32 Å². The topological polar surface area (TPSA) is 73.0 Å². The van der Waals surface area contributed by atoms with Crippen molar-refractivity contribution < 1.29 is 14.4 Å². The first-order valence-electron chi connectivity index (χ1n) is 12.8. The molecule has 2 atom stereocenters. The Kier molecular flexibility index (Phi) is 10.5. The molecule has 0 bridgehead atoms. The summed E-state index contributed by atoms with van der Waals surface area (Å²) in [5.41, 5.74) is 0. The van der Waals surface area contributed by atoms with Gasteiger partial charge in [0.1, 0.15) is 6.04 Å². The van der Waals surface area contributed by atoms with Crippen LogP contribution in [0.3, 0.4) is 0 Å². The predicted octanol–water partition coefficient (Wildman–Crippen LogP) is 2.74. The van der Waals surface area contributed by atoms with E-state index >= 15 is 0 Å². The molecule has 0 aromatic rings. The molecule has 2 heterocycles. The molecule has 0 spiro atoms. The van der Waals surface area contributed by atoms with Gasteiger partial charge < -0.3 is 20.0 Å². The van der Waals surface area contributed by atoms with Gasteiger partial charge in [-0.1, -0.05) is 27.7 Å². The van der Waals surface area contributed by atoms with Crippen LogP contribution >= 0.6 is 0 Å². The van der Waals surface area contributed by atoms with E-state index in [0.29, 0.717) is 50.2 Å². The molecule has 7 nitrogen and oxygen atoms in total. The number of amides is 3. The fourth-order valence-electron chi connectivity index (χ4n) is 5.05. The Morgan fingerprint density at radius 3 is 2.19 bits per heavy atom. The van der Waals surface area contributed by atoms with E-state index in [1.165, 1.54) is 0 Å². The van der Waals surface area contributed by atoms with Crippen LogP contribution in [0.5, 0.6) is 0 Å². The molecule has 0 unspecified atom stereocenters. The fraction of sp³-hybridized carbons (Fsp3) is 0.880. The Balaban J connectivity index is 2.01. The third kappa shape index (κ3) is 7.19. The van der Waals surface area contributed by atoms with Crippen molar-refractivity contribution >= 4 is 17.7 Å². The van der Waals surface area contributed by atoms with Crippen LogP contribution in [0.25, 0.3) is 0 Å². The van der Waals surface area contributed by atoms with Crippen molar-refractivity contribution in [3.63, 3.8) is 0 Å². The summed E-state index contributed by atoms with van der Waals surface area (Å²) in [6, 6.07) is -0.573. The number of hydrogen-bond acceptors (Lipinski definition) is 4. The van der Waals surface area contributed by atoms with E-state index in [2.05, 4.69) is 33.0 Å². The Labute approximate surface area is 195 Å². The highest BCUT2D eigenvalue weighted by Crippen LogP contribution is 2.25. The monoisotopic (exact) mass is 450 g/mol. The number of piperidine rings is 1. The van der Waals surface area contributed by atoms with Crippen molar-refractivity contribution in [2.45, 2.75) is 85.7 Å². The van der Waals surface area contributed by atoms with Gasteiger partial charge in [0.25, 0.3) is 0 Å². The molecule has 0 saturated carbocycles. The molecule has 0 aromatic heterocycles. The molecule has 0 radical (unpaired) electrons. The van der Waals surface area contributed by atoms with Crippen molar-refractivity contribution in [3.8, 4) is 0 Å². The van der Waals surface area contributed by atoms with Crippen molar-refractivity contribution in [1.29, 1.82) is 0 Å². The summed E-state index contributed by atoms with van der Waals surface area (Å²) in [5, 5.41) is 3.35. The lowest BCUT2D eigenvalue weighted by Crippen LogP contribution is -2.62. The second-order valence-corrected chi connectivity index (χ2v) is 10.4. The van der Waals surface area contributed by atoms with E-state index < -0.39 is 0 Å². The molecule has 2 fully saturated rings. The lowest BCUT2D eigenvalue weighted by atomic mass is 9.91. The highest BCUT2D eigenvalue weighted by molar-refractivity contribution is 5.90. The number of likely N-dealkylation sites (tertiary alicyclic amines) is 1. The number of carbonyl (C=O) groups excluding carboxylic acids is 3. The molecular formula is C25H46N4O3. The van der Waals surface area contributed by atoms with E-state index in [0.717, 1.165) is 38.9 Å². The lowest BCUT2D eigenvalue weighted by Gasteiger charge is -2.42.